The van der Waals surface area contributed by atoms with Crippen molar-refractivity contribution in [1.82, 2.24) is 10.2 Å². The highest BCUT2D eigenvalue weighted by Crippen LogP contribution is 2.09. The van der Waals surface area contributed by atoms with E-state index in [1.165, 1.54) is 4.88 Å². The zero-order valence-electron chi connectivity index (χ0n) is 11.1. The van der Waals surface area contributed by atoms with E-state index in [1.807, 2.05) is 30.3 Å². The average Bonchev–Trinajstić information content (AvgIpc) is 2.84. The van der Waals surface area contributed by atoms with Gasteiger partial charge in [-0.3, -0.25) is 0 Å². The van der Waals surface area contributed by atoms with Gasteiger partial charge in [0, 0.05) is 25.0 Å². The Balaban J connectivity index is 0.00000324. The zero-order valence-corrected chi connectivity index (χ0v) is 14.3. The summed E-state index contributed by atoms with van der Waals surface area (Å²) in [6.45, 7) is 2.90. The normalized spacial score (nSPS) is 11.3. The van der Waals surface area contributed by atoms with Crippen LogP contribution < -0.4 is 5.32 Å². The summed E-state index contributed by atoms with van der Waals surface area (Å²) >= 11 is 1.70. The third kappa shape index (κ3) is 7.66. The molecule has 0 saturated heterocycles. The molecule has 110 valence electrons. The highest BCUT2D eigenvalue weighted by atomic mass is 127. The van der Waals surface area contributed by atoms with E-state index in [9.17, 15) is 8.78 Å². The number of nitrogens with one attached hydrogen (secondary N) is 1. The minimum atomic E-state index is -2.40. The molecule has 0 aromatic carbocycles. The van der Waals surface area contributed by atoms with Crippen LogP contribution in [0.1, 0.15) is 11.8 Å². The van der Waals surface area contributed by atoms with Gasteiger partial charge in [-0.1, -0.05) is 6.07 Å². The van der Waals surface area contributed by atoms with E-state index < -0.39 is 13.0 Å². The maximum Gasteiger partial charge on any atom is 0.257 e. The lowest BCUT2D eigenvalue weighted by Gasteiger charge is -2.21. The Bertz CT molecular complexity index is 358. The van der Waals surface area contributed by atoms with E-state index in [0.29, 0.717) is 12.5 Å². The lowest BCUT2D eigenvalue weighted by molar-refractivity contribution is 0.158. The number of halogens is 3. The van der Waals surface area contributed by atoms with Crippen LogP contribution in [-0.4, -0.2) is 44.0 Å². The Hall–Kier alpha value is -0.440. The number of aliphatic imine (C=N–C) groups is 1. The van der Waals surface area contributed by atoms with Crippen LogP contribution in [-0.2, 0) is 6.42 Å². The van der Waals surface area contributed by atoms with Gasteiger partial charge in [0.05, 0.1) is 0 Å². The van der Waals surface area contributed by atoms with Crippen LogP contribution in [0, 0.1) is 0 Å². The van der Waals surface area contributed by atoms with Gasteiger partial charge in [-0.05, 0) is 24.8 Å². The topological polar surface area (TPSA) is 27.6 Å². The fourth-order valence-electron chi connectivity index (χ4n) is 1.46. The molecule has 1 aromatic rings. The maximum absolute atomic E-state index is 12.2. The fraction of sp³-hybridized carbons (Fsp3) is 0.583. The van der Waals surface area contributed by atoms with E-state index in [2.05, 4.69) is 16.4 Å². The quantitative estimate of drug-likeness (QED) is 0.449. The summed E-state index contributed by atoms with van der Waals surface area (Å²) in [5, 5.41) is 5.05. The first-order chi connectivity index (χ1) is 8.63. The number of hydrogen-bond donors (Lipinski definition) is 1. The van der Waals surface area contributed by atoms with Crippen molar-refractivity contribution in [2.75, 3.05) is 26.7 Å². The summed E-state index contributed by atoms with van der Waals surface area (Å²) in [4.78, 5) is 7.06. The van der Waals surface area contributed by atoms with Crippen molar-refractivity contribution in [2.24, 2.45) is 4.99 Å². The molecule has 1 rings (SSSR count). The number of rotatable bonds is 6. The van der Waals surface area contributed by atoms with Gasteiger partial charge in [0.1, 0.15) is 6.54 Å². The van der Waals surface area contributed by atoms with Crippen molar-refractivity contribution in [2.45, 2.75) is 19.8 Å². The first-order valence-electron chi connectivity index (χ1n) is 5.93. The van der Waals surface area contributed by atoms with Crippen LogP contribution in [0.3, 0.4) is 0 Å². The monoisotopic (exact) mass is 403 g/mol. The summed E-state index contributed by atoms with van der Waals surface area (Å²) in [5.41, 5.74) is 0. The number of likely N-dealkylation sites (N-methyl/N-ethyl adjacent to an activating group) is 1. The SMILES string of the molecule is CCNC(=NCC(F)F)N(C)CCc1cccs1.I. The summed E-state index contributed by atoms with van der Waals surface area (Å²) in [5.74, 6) is 0.536. The molecular weight excluding hydrogens is 383 g/mol. The number of nitrogens with zero attached hydrogens (tertiary/aromatic N) is 2. The van der Waals surface area contributed by atoms with E-state index in [4.69, 9.17) is 0 Å². The molecule has 1 N–H and O–H groups in total. The molecule has 0 bridgehead atoms. The molecule has 0 aliphatic rings. The minimum Gasteiger partial charge on any atom is -0.357 e. The van der Waals surface area contributed by atoms with Gasteiger partial charge in [0.25, 0.3) is 6.43 Å². The predicted octanol–water partition coefficient (Wildman–Crippen LogP) is 3.07. The molecule has 0 aliphatic heterocycles. The molecule has 0 spiro atoms. The van der Waals surface area contributed by atoms with E-state index in [1.54, 1.807) is 11.3 Å². The lowest BCUT2D eigenvalue weighted by atomic mass is 10.3. The number of thiophene rings is 1. The standard InChI is InChI=1S/C12H19F2N3S.HI/c1-3-15-12(16-9-11(13)14)17(2)7-6-10-5-4-8-18-10;/h4-5,8,11H,3,6-7,9H2,1-2H3,(H,15,16);1H. The summed E-state index contributed by atoms with van der Waals surface area (Å²) in [6, 6.07) is 4.08. The first kappa shape index (κ1) is 18.6. The molecule has 0 saturated carbocycles. The Morgan fingerprint density at radius 2 is 2.26 bits per heavy atom. The Labute approximate surface area is 134 Å². The maximum atomic E-state index is 12.2. The summed E-state index contributed by atoms with van der Waals surface area (Å²) < 4.78 is 24.3. The molecule has 19 heavy (non-hydrogen) atoms. The van der Waals surface area contributed by atoms with Crippen LogP contribution in [0.5, 0.6) is 0 Å². The van der Waals surface area contributed by atoms with Crippen molar-refractivity contribution in [1.29, 1.82) is 0 Å². The highest BCUT2D eigenvalue weighted by molar-refractivity contribution is 14.0. The van der Waals surface area contributed by atoms with Crippen molar-refractivity contribution in [3.05, 3.63) is 22.4 Å². The van der Waals surface area contributed by atoms with Crippen molar-refractivity contribution in [3.8, 4) is 0 Å². The third-order valence-corrected chi connectivity index (χ3v) is 3.29. The first-order valence-corrected chi connectivity index (χ1v) is 6.81. The summed E-state index contributed by atoms with van der Waals surface area (Å²) in [7, 11) is 1.86. The Morgan fingerprint density at radius 1 is 1.53 bits per heavy atom. The molecule has 7 heteroatoms. The second-order valence-corrected chi connectivity index (χ2v) is 4.87. The summed E-state index contributed by atoms with van der Waals surface area (Å²) in [6.07, 6.45) is -1.50. The van der Waals surface area contributed by atoms with Crippen LogP contribution >= 0.6 is 35.3 Å². The predicted molar refractivity (Wildman–Crippen MR) is 88.1 cm³/mol. The molecule has 0 radical (unpaired) electrons. The molecule has 1 heterocycles. The fourth-order valence-corrected chi connectivity index (χ4v) is 2.16. The largest absolute Gasteiger partial charge is 0.357 e. The Morgan fingerprint density at radius 3 is 2.79 bits per heavy atom. The van der Waals surface area contributed by atoms with Gasteiger partial charge in [0.15, 0.2) is 5.96 Å². The van der Waals surface area contributed by atoms with E-state index in [-0.39, 0.29) is 24.0 Å². The van der Waals surface area contributed by atoms with Gasteiger partial charge < -0.3 is 10.2 Å². The molecule has 0 unspecified atom stereocenters. The third-order valence-electron chi connectivity index (χ3n) is 2.35. The highest BCUT2D eigenvalue weighted by Gasteiger charge is 2.08. The van der Waals surface area contributed by atoms with Gasteiger partial charge in [0.2, 0.25) is 0 Å². The molecule has 0 amide bonds. The van der Waals surface area contributed by atoms with Crippen LogP contribution in [0.2, 0.25) is 0 Å². The lowest BCUT2D eigenvalue weighted by Crippen LogP contribution is -2.40. The van der Waals surface area contributed by atoms with E-state index in [0.717, 1.165) is 13.0 Å². The van der Waals surface area contributed by atoms with E-state index >= 15 is 0 Å². The zero-order chi connectivity index (χ0) is 13.4. The molecule has 0 fully saturated rings. The van der Waals surface area contributed by atoms with Gasteiger partial charge in [-0.25, -0.2) is 13.8 Å². The van der Waals surface area contributed by atoms with Crippen LogP contribution in [0.4, 0.5) is 8.78 Å². The average molecular weight is 403 g/mol. The minimum absolute atomic E-state index is 0. The van der Waals surface area contributed by atoms with Gasteiger partial charge in [-0.15, -0.1) is 35.3 Å². The molecular formula is C12H20F2IN3S. The van der Waals surface area contributed by atoms with Crippen LogP contribution in [0.15, 0.2) is 22.5 Å². The second kappa shape index (κ2) is 10.4. The Kier molecular flexibility index (Phi) is 10.1. The number of hydrogen-bond acceptors (Lipinski definition) is 2. The van der Waals surface area contributed by atoms with Crippen LogP contribution in [0.25, 0.3) is 0 Å². The van der Waals surface area contributed by atoms with Gasteiger partial charge >= 0.3 is 0 Å². The molecule has 3 nitrogen and oxygen atoms in total. The molecule has 0 aliphatic carbocycles. The van der Waals surface area contributed by atoms with Crippen molar-refractivity contribution in [3.63, 3.8) is 0 Å². The smallest absolute Gasteiger partial charge is 0.257 e. The van der Waals surface area contributed by atoms with Crippen molar-refractivity contribution < 1.29 is 8.78 Å². The van der Waals surface area contributed by atoms with Gasteiger partial charge in [-0.2, -0.15) is 0 Å². The molecule has 0 atom stereocenters. The molecule has 1 aromatic heterocycles. The number of guanidine groups is 1. The number of alkyl halides is 2. The second-order valence-electron chi connectivity index (χ2n) is 3.84. The van der Waals surface area contributed by atoms with Crippen molar-refractivity contribution >= 4 is 41.3 Å².